The number of nitrogens with zero attached hydrogens (tertiary/aromatic N) is 2. The summed E-state index contributed by atoms with van der Waals surface area (Å²) in [6.45, 7) is 8.45. The largest absolute Gasteiger partial charge is 0.351 e. The molecule has 0 saturated heterocycles. The highest BCUT2D eigenvalue weighted by Crippen LogP contribution is 2.19. The van der Waals surface area contributed by atoms with Gasteiger partial charge in [-0.2, -0.15) is 11.8 Å². The molecule has 2 N–H and O–H groups in total. The molecule has 0 aliphatic heterocycles. The number of amides is 2. The number of carbonyl (C=O) groups excluding carboxylic acids is 2. The molecule has 2 aromatic rings. The van der Waals surface area contributed by atoms with Gasteiger partial charge in [-0.3, -0.25) is 9.59 Å². The second-order valence-electron chi connectivity index (χ2n) is 7.51. The van der Waals surface area contributed by atoms with Crippen LogP contribution < -0.4 is 10.6 Å². The van der Waals surface area contributed by atoms with Crippen molar-refractivity contribution in [3.63, 3.8) is 0 Å². The average Bonchev–Trinajstić information content (AvgIpc) is 3.44. The summed E-state index contributed by atoms with van der Waals surface area (Å²) in [7, 11) is 0. The molecule has 0 aliphatic rings. The number of nitrogens with one attached hydrogen (secondary N) is 2. The Morgan fingerprint density at radius 1 is 1.00 bits per heavy atom. The van der Waals surface area contributed by atoms with E-state index in [-0.39, 0.29) is 47.8 Å². The minimum Gasteiger partial charge on any atom is -0.351 e. The Morgan fingerprint density at radius 2 is 1.53 bits per heavy atom. The first-order valence-corrected chi connectivity index (χ1v) is 11.8. The minimum absolute atomic E-state index is 0.175. The molecule has 0 aliphatic carbocycles. The van der Waals surface area contributed by atoms with E-state index in [1.807, 2.05) is 20.1 Å². The van der Waals surface area contributed by atoms with E-state index >= 15 is 0 Å². The van der Waals surface area contributed by atoms with E-state index in [4.69, 9.17) is 9.05 Å². The van der Waals surface area contributed by atoms with E-state index in [1.165, 1.54) is 0 Å². The molecule has 2 aromatic heterocycles. The summed E-state index contributed by atoms with van der Waals surface area (Å²) in [5.41, 5.74) is 1.52. The van der Waals surface area contributed by atoms with Crippen molar-refractivity contribution in [3.8, 4) is 0 Å². The normalized spacial score (nSPS) is 14.2. The molecule has 9 heteroatoms. The standard InChI is InChI=1S/C21H32N4O4S/c1-6-13(3)16-10-18(28-24-16)20(26)22-12-15(8-9-30-5)23-21(27)19-11-17(25-29-19)14(4)7-2/h10-11,13-15H,6-9,12H2,1-5H3,(H,22,26)(H,23,27)/t13-,14+,15-/m0/s1. The Kier molecular flexibility index (Phi) is 9.42. The molecule has 0 spiro atoms. The highest BCUT2D eigenvalue weighted by atomic mass is 32.2. The van der Waals surface area contributed by atoms with Crippen molar-refractivity contribution in [2.24, 2.45) is 0 Å². The maximum absolute atomic E-state index is 12.6. The molecule has 8 nitrogen and oxygen atoms in total. The Labute approximate surface area is 181 Å². The van der Waals surface area contributed by atoms with Gasteiger partial charge in [0.15, 0.2) is 0 Å². The van der Waals surface area contributed by atoms with Gasteiger partial charge in [0.25, 0.3) is 11.8 Å². The highest BCUT2D eigenvalue weighted by Gasteiger charge is 2.21. The molecule has 0 radical (unpaired) electrons. The molecule has 2 amide bonds. The van der Waals surface area contributed by atoms with Crippen LogP contribution in [0.4, 0.5) is 0 Å². The third-order valence-corrected chi connectivity index (χ3v) is 5.90. The first-order chi connectivity index (χ1) is 14.4. The van der Waals surface area contributed by atoms with Gasteiger partial charge in [-0.1, -0.05) is 38.0 Å². The maximum atomic E-state index is 12.6. The van der Waals surface area contributed by atoms with Crippen molar-refractivity contribution in [1.82, 2.24) is 20.9 Å². The van der Waals surface area contributed by atoms with Gasteiger partial charge >= 0.3 is 0 Å². The van der Waals surface area contributed by atoms with Crippen LogP contribution in [0.3, 0.4) is 0 Å². The van der Waals surface area contributed by atoms with E-state index in [1.54, 1.807) is 23.9 Å². The van der Waals surface area contributed by atoms with Crippen LogP contribution in [0.1, 0.15) is 91.3 Å². The van der Waals surface area contributed by atoms with Crippen LogP contribution in [-0.2, 0) is 0 Å². The molecule has 0 fully saturated rings. The molecule has 2 heterocycles. The van der Waals surface area contributed by atoms with Crippen molar-refractivity contribution in [3.05, 3.63) is 35.0 Å². The summed E-state index contributed by atoms with van der Waals surface area (Å²) in [4.78, 5) is 25.0. The zero-order chi connectivity index (χ0) is 22.1. The fraction of sp³-hybridized carbons (Fsp3) is 0.619. The number of hydrogen-bond acceptors (Lipinski definition) is 7. The molecule has 166 valence electrons. The summed E-state index contributed by atoms with van der Waals surface area (Å²) in [5, 5.41) is 13.7. The van der Waals surface area contributed by atoms with Crippen molar-refractivity contribution in [2.75, 3.05) is 18.6 Å². The molecular weight excluding hydrogens is 404 g/mol. The van der Waals surface area contributed by atoms with Crippen molar-refractivity contribution in [1.29, 1.82) is 0 Å². The molecule has 3 atom stereocenters. The predicted octanol–water partition coefficient (Wildman–Crippen LogP) is 3.97. The van der Waals surface area contributed by atoms with Gasteiger partial charge in [0.05, 0.1) is 11.4 Å². The summed E-state index contributed by atoms with van der Waals surface area (Å²) in [5.74, 6) is 0.967. The Balaban J connectivity index is 1.96. The highest BCUT2D eigenvalue weighted by molar-refractivity contribution is 7.98. The van der Waals surface area contributed by atoms with Gasteiger partial charge in [-0.25, -0.2) is 0 Å². The van der Waals surface area contributed by atoms with Crippen molar-refractivity contribution in [2.45, 2.75) is 64.8 Å². The van der Waals surface area contributed by atoms with Crippen LogP contribution >= 0.6 is 11.8 Å². The first kappa shape index (κ1) is 24.0. The lowest BCUT2D eigenvalue weighted by molar-refractivity contribution is 0.0870. The lowest BCUT2D eigenvalue weighted by Gasteiger charge is -2.17. The second-order valence-corrected chi connectivity index (χ2v) is 8.50. The van der Waals surface area contributed by atoms with Gasteiger partial charge in [0.1, 0.15) is 0 Å². The minimum atomic E-state index is -0.348. The SMILES string of the molecule is CC[C@@H](C)c1cc(C(=O)N[C@@H](CCSC)CNC(=O)c2cc([C@@H](C)CC)no2)on1. The van der Waals surface area contributed by atoms with Crippen molar-refractivity contribution >= 4 is 23.6 Å². The molecule has 0 unspecified atom stereocenters. The van der Waals surface area contributed by atoms with Gasteiger partial charge < -0.3 is 19.7 Å². The van der Waals surface area contributed by atoms with Gasteiger partial charge in [-0.05, 0) is 31.3 Å². The second kappa shape index (κ2) is 11.8. The topological polar surface area (TPSA) is 110 Å². The average molecular weight is 437 g/mol. The van der Waals surface area contributed by atoms with Gasteiger partial charge in [-0.15, -0.1) is 0 Å². The fourth-order valence-electron chi connectivity index (χ4n) is 2.72. The van der Waals surface area contributed by atoms with E-state index < -0.39 is 0 Å². The Bertz CT molecular complexity index is 820. The third kappa shape index (κ3) is 6.62. The molecule has 2 rings (SSSR count). The molecular formula is C21H32N4O4S. The lowest BCUT2D eigenvalue weighted by atomic mass is 10.1. The van der Waals surface area contributed by atoms with Crippen LogP contribution in [0.15, 0.2) is 21.2 Å². The Morgan fingerprint density at radius 3 is 2.03 bits per heavy atom. The summed E-state index contributed by atoms with van der Waals surface area (Å²) >= 11 is 1.68. The lowest BCUT2D eigenvalue weighted by Crippen LogP contribution is -2.44. The maximum Gasteiger partial charge on any atom is 0.290 e. The molecule has 0 bridgehead atoms. The van der Waals surface area contributed by atoms with Crippen LogP contribution in [0.5, 0.6) is 0 Å². The summed E-state index contributed by atoms with van der Waals surface area (Å²) in [6, 6.07) is 3.10. The summed E-state index contributed by atoms with van der Waals surface area (Å²) < 4.78 is 10.4. The zero-order valence-corrected chi connectivity index (χ0v) is 19.2. The van der Waals surface area contributed by atoms with E-state index in [0.29, 0.717) is 6.42 Å². The summed E-state index contributed by atoms with van der Waals surface area (Å²) in [6.07, 6.45) is 4.53. The smallest absolute Gasteiger partial charge is 0.290 e. The predicted molar refractivity (Wildman–Crippen MR) is 117 cm³/mol. The van der Waals surface area contributed by atoms with Crippen LogP contribution in [0.25, 0.3) is 0 Å². The molecule has 30 heavy (non-hydrogen) atoms. The number of aromatic nitrogens is 2. The van der Waals surface area contributed by atoms with E-state index in [0.717, 1.165) is 30.0 Å². The van der Waals surface area contributed by atoms with Crippen LogP contribution in [-0.4, -0.2) is 46.7 Å². The first-order valence-electron chi connectivity index (χ1n) is 10.4. The van der Waals surface area contributed by atoms with Crippen molar-refractivity contribution < 1.29 is 18.6 Å². The number of thioether (sulfide) groups is 1. The number of rotatable bonds is 12. The molecule has 0 saturated carbocycles. The van der Waals surface area contributed by atoms with Crippen LogP contribution in [0.2, 0.25) is 0 Å². The van der Waals surface area contributed by atoms with Gasteiger partial charge in [0, 0.05) is 36.6 Å². The van der Waals surface area contributed by atoms with E-state index in [2.05, 4.69) is 34.8 Å². The van der Waals surface area contributed by atoms with Crippen LogP contribution in [0, 0.1) is 0 Å². The monoisotopic (exact) mass is 436 g/mol. The molecule has 0 aromatic carbocycles. The van der Waals surface area contributed by atoms with Gasteiger partial charge in [0.2, 0.25) is 11.5 Å². The fourth-order valence-corrected chi connectivity index (χ4v) is 3.24. The number of hydrogen-bond donors (Lipinski definition) is 2. The third-order valence-electron chi connectivity index (χ3n) is 5.25. The quantitative estimate of drug-likeness (QED) is 0.518. The Hall–Kier alpha value is -2.29. The number of carbonyl (C=O) groups is 2. The zero-order valence-electron chi connectivity index (χ0n) is 18.4. The van der Waals surface area contributed by atoms with E-state index in [9.17, 15) is 9.59 Å².